The molecule has 1 fully saturated rings. The van der Waals surface area contributed by atoms with Crippen LogP contribution < -0.4 is 10.0 Å². The van der Waals surface area contributed by atoms with E-state index in [1.54, 1.807) is 18.3 Å². The van der Waals surface area contributed by atoms with Gasteiger partial charge in [0.2, 0.25) is 10.0 Å². The fourth-order valence-electron chi connectivity index (χ4n) is 2.82. The summed E-state index contributed by atoms with van der Waals surface area (Å²) >= 11 is 0. The molecule has 140 valence electrons. The smallest absolute Gasteiger partial charge is 0.251 e. The summed E-state index contributed by atoms with van der Waals surface area (Å²) < 4.78 is 29.6. The molecule has 2 aromatic rings. The van der Waals surface area contributed by atoms with E-state index in [2.05, 4.69) is 15.0 Å². The maximum absolute atomic E-state index is 12.6. The monoisotopic (exact) mass is 376 g/mol. The fourth-order valence-corrected chi connectivity index (χ4v) is 3.85. The number of rotatable bonds is 8. The lowest BCUT2D eigenvalue weighted by Gasteiger charge is -2.26. The summed E-state index contributed by atoms with van der Waals surface area (Å²) in [7, 11) is -3.73. The van der Waals surface area contributed by atoms with Gasteiger partial charge >= 0.3 is 0 Å². The van der Waals surface area contributed by atoms with Crippen molar-refractivity contribution in [3.05, 3.63) is 48.0 Å². The summed E-state index contributed by atoms with van der Waals surface area (Å²) in [5, 5.41) is 2.92. The molecule has 1 aromatic heterocycles. The summed E-state index contributed by atoms with van der Waals surface area (Å²) in [5.41, 5.74) is 0.354. The van der Waals surface area contributed by atoms with E-state index in [9.17, 15) is 13.2 Å². The maximum atomic E-state index is 12.6. The maximum Gasteiger partial charge on any atom is 0.251 e. The molecule has 1 aliphatic rings. The zero-order valence-electron chi connectivity index (χ0n) is 14.8. The molecule has 7 nitrogen and oxygen atoms in total. The van der Waals surface area contributed by atoms with Crippen molar-refractivity contribution >= 4 is 15.9 Å². The summed E-state index contributed by atoms with van der Waals surface area (Å²) in [6.45, 7) is 2.94. The molecule has 0 bridgehead atoms. The van der Waals surface area contributed by atoms with E-state index in [0.29, 0.717) is 11.4 Å². The molecule has 1 amide bonds. The molecule has 3 rings (SSSR count). The van der Waals surface area contributed by atoms with Crippen molar-refractivity contribution in [1.82, 2.24) is 19.6 Å². The van der Waals surface area contributed by atoms with Crippen molar-refractivity contribution in [2.75, 3.05) is 0 Å². The van der Waals surface area contributed by atoms with Crippen molar-refractivity contribution in [3.63, 3.8) is 0 Å². The molecule has 0 radical (unpaired) electrons. The molecule has 2 N–H and O–H groups in total. The number of amides is 1. The number of hydrogen-bond acceptors (Lipinski definition) is 4. The Kier molecular flexibility index (Phi) is 5.73. The Labute approximate surface area is 153 Å². The number of nitrogens with zero attached hydrogens (tertiary/aromatic N) is 2. The van der Waals surface area contributed by atoms with Crippen LogP contribution in [0, 0.1) is 0 Å². The summed E-state index contributed by atoms with van der Waals surface area (Å²) in [4.78, 5) is 16.5. The third-order valence-corrected chi connectivity index (χ3v) is 5.93. The highest BCUT2D eigenvalue weighted by Crippen LogP contribution is 2.19. The Bertz CT molecular complexity index is 872. The quantitative estimate of drug-likeness (QED) is 0.737. The van der Waals surface area contributed by atoms with Crippen LogP contribution in [0.2, 0.25) is 0 Å². The highest BCUT2D eigenvalue weighted by atomic mass is 32.2. The Balaban J connectivity index is 1.69. The van der Waals surface area contributed by atoms with Gasteiger partial charge in [0.05, 0.1) is 11.4 Å². The van der Waals surface area contributed by atoms with Gasteiger partial charge in [0.25, 0.3) is 5.91 Å². The molecule has 26 heavy (non-hydrogen) atoms. The van der Waals surface area contributed by atoms with Gasteiger partial charge in [-0.1, -0.05) is 13.0 Å². The van der Waals surface area contributed by atoms with Crippen molar-refractivity contribution in [1.29, 1.82) is 0 Å². The van der Waals surface area contributed by atoms with Crippen LogP contribution in [0.1, 0.15) is 48.8 Å². The van der Waals surface area contributed by atoms with E-state index in [0.717, 1.165) is 32.2 Å². The van der Waals surface area contributed by atoms with Crippen LogP contribution >= 0.6 is 0 Å². The predicted molar refractivity (Wildman–Crippen MR) is 98.1 cm³/mol. The van der Waals surface area contributed by atoms with Crippen LogP contribution in [0.4, 0.5) is 0 Å². The number of aromatic nitrogens is 2. The Morgan fingerprint density at radius 3 is 2.85 bits per heavy atom. The minimum absolute atomic E-state index is 0.0763. The normalized spacial score (nSPS) is 14.8. The number of hydrogen-bond donors (Lipinski definition) is 2. The van der Waals surface area contributed by atoms with Gasteiger partial charge in [-0.2, -0.15) is 0 Å². The molecule has 1 saturated carbocycles. The number of imidazole rings is 1. The first kappa shape index (κ1) is 18.6. The van der Waals surface area contributed by atoms with E-state index in [-0.39, 0.29) is 23.4 Å². The van der Waals surface area contributed by atoms with Crippen molar-refractivity contribution in [3.8, 4) is 0 Å². The van der Waals surface area contributed by atoms with Crippen molar-refractivity contribution in [2.24, 2.45) is 0 Å². The van der Waals surface area contributed by atoms with Gasteiger partial charge in [-0.3, -0.25) is 4.79 Å². The molecule has 0 unspecified atom stereocenters. The Morgan fingerprint density at radius 1 is 1.35 bits per heavy atom. The number of aryl methyl sites for hydroxylation is 1. The second kappa shape index (κ2) is 8.01. The van der Waals surface area contributed by atoms with E-state index in [1.807, 2.05) is 17.7 Å². The molecule has 0 atom stereocenters. The lowest BCUT2D eigenvalue weighted by atomic mass is 9.93. The lowest BCUT2D eigenvalue weighted by molar-refractivity contribution is 0.0916. The van der Waals surface area contributed by atoms with Crippen LogP contribution in [0.3, 0.4) is 0 Å². The number of benzene rings is 1. The van der Waals surface area contributed by atoms with E-state index >= 15 is 0 Å². The van der Waals surface area contributed by atoms with E-state index in [1.165, 1.54) is 12.1 Å². The minimum atomic E-state index is -3.73. The molecule has 0 saturated heterocycles. The molecular weight excluding hydrogens is 352 g/mol. The van der Waals surface area contributed by atoms with Crippen molar-refractivity contribution < 1.29 is 13.2 Å². The van der Waals surface area contributed by atoms with Gasteiger partial charge < -0.3 is 9.88 Å². The van der Waals surface area contributed by atoms with Crippen LogP contribution in [-0.2, 0) is 23.1 Å². The summed E-state index contributed by atoms with van der Waals surface area (Å²) in [6.07, 6.45) is 7.51. The highest BCUT2D eigenvalue weighted by Gasteiger charge is 2.21. The number of sulfonamides is 1. The third kappa shape index (κ3) is 4.31. The molecule has 8 heteroatoms. The topological polar surface area (TPSA) is 93.1 Å². The summed E-state index contributed by atoms with van der Waals surface area (Å²) in [6, 6.07) is 6.32. The first-order chi connectivity index (χ1) is 12.5. The molecule has 1 heterocycles. The molecule has 1 aliphatic carbocycles. The van der Waals surface area contributed by atoms with Gasteiger partial charge in [0.1, 0.15) is 5.82 Å². The van der Waals surface area contributed by atoms with Crippen LogP contribution in [0.15, 0.2) is 41.6 Å². The summed E-state index contributed by atoms with van der Waals surface area (Å²) in [5.74, 6) is 0.430. The largest absolute Gasteiger partial charge is 0.349 e. The van der Waals surface area contributed by atoms with Crippen LogP contribution in [0.25, 0.3) is 0 Å². The zero-order valence-corrected chi connectivity index (χ0v) is 15.6. The standard InChI is InChI=1S/C18H24N4O3S/c1-2-10-22-11-9-19-17(22)13-20-26(24,25)16-8-3-5-14(12-16)18(23)21-15-6-4-7-15/h3,5,8-9,11-12,15,20H,2,4,6-7,10,13H2,1H3,(H,21,23). The third-order valence-electron chi connectivity index (χ3n) is 4.53. The molecule has 1 aromatic carbocycles. The zero-order chi connectivity index (χ0) is 18.6. The highest BCUT2D eigenvalue weighted by molar-refractivity contribution is 7.89. The number of nitrogens with one attached hydrogen (secondary N) is 2. The van der Waals surface area contributed by atoms with Gasteiger partial charge in [-0.15, -0.1) is 0 Å². The average molecular weight is 376 g/mol. The van der Waals surface area contributed by atoms with Crippen LogP contribution in [-0.4, -0.2) is 29.9 Å². The predicted octanol–water partition coefficient (Wildman–Crippen LogP) is 2.05. The molecule has 0 spiro atoms. The van der Waals surface area contributed by atoms with Gasteiger partial charge in [-0.05, 0) is 43.9 Å². The minimum Gasteiger partial charge on any atom is -0.349 e. The van der Waals surface area contributed by atoms with Crippen LogP contribution in [0.5, 0.6) is 0 Å². The SMILES string of the molecule is CCCn1ccnc1CNS(=O)(=O)c1cccc(C(=O)NC2CCC2)c1. The average Bonchev–Trinajstić information content (AvgIpc) is 3.04. The lowest BCUT2D eigenvalue weighted by Crippen LogP contribution is -2.39. The second-order valence-electron chi connectivity index (χ2n) is 6.49. The van der Waals surface area contributed by atoms with E-state index in [4.69, 9.17) is 0 Å². The van der Waals surface area contributed by atoms with E-state index < -0.39 is 10.0 Å². The first-order valence-electron chi connectivity index (χ1n) is 8.90. The first-order valence-corrected chi connectivity index (χ1v) is 10.4. The molecule has 0 aliphatic heterocycles. The van der Waals surface area contributed by atoms with Gasteiger partial charge in [0.15, 0.2) is 0 Å². The number of carbonyl (C=O) groups is 1. The van der Waals surface area contributed by atoms with Gasteiger partial charge in [0, 0.05) is 30.5 Å². The molecular formula is C18H24N4O3S. The fraction of sp³-hybridized carbons (Fsp3) is 0.444. The second-order valence-corrected chi connectivity index (χ2v) is 8.26. The van der Waals surface area contributed by atoms with Crippen molar-refractivity contribution in [2.45, 2.75) is 56.6 Å². The van der Waals surface area contributed by atoms with Gasteiger partial charge in [-0.25, -0.2) is 18.1 Å². The number of carbonyl (C=O) groups excluding carboxylic acids is 1. The Morgan fingerprint density at radius 2 is 2.15 bits per heavy atom. The Hall–Kier alpha value is -2.19.